The van der Waals surface area contributed by atoms with Crippen LogP contribution in [0.25, 0.3) is 10.6 Å². The Morgan fingerprint density at radius 2 is 2.04 bits per heavy atom. The largest absolute Gasteiger partial charge is 0.497 e. The van der Waals surface area contributed by atoms with Crippen LogP contribution in [0.2, 0.25) is 0 Å². The molecule has 2 N–H and O–H groups in total. The summed E-state index contributed by atoms with van der Waals surface area (Å²) >= 11 is 1.27. The van der Waals surface area contributed by atoms with Crippen LogP contribution in [0, 0.1) is 11.8 Å². The van der Waals surface area contributed by atoms with Crippen molar-refractivity contribution in [1.29, 1.82) is 0 Å². The van der Waals surface area contributed by atoms with Crippen LogP contribution in [0.3, 0.4) is 0 Å². The number of benzene rings is 1. The topological polar surface area (TPSA) is 97.8 Å². The summed E-state index contributed by atoms with van der Waals surface area (Å²) in [5.74, 6) is -1.02. The predicted octanol–water partition coefficient (Wildman–Crippen LogP) is 2.68. The predicted molar refractivity (Wildman–Crippen MR) is 101 cm³/mol. The molecular weight excluding hydrogens is 368 g/mol. The summed E-state index contributed by atoms with van der Waals surface area (Å²) in [4.78, 5) is 28.8. The molecule has 1 aromatic carbocycles. The zero-order valence-corrected chi connectivity index (χ0v) is 15.8. The Morgan fingerprint density at radius 3 is 2.67 bits per heavy atom. The van der Waals surface area contributed by atoms with Gasteiger partial charge in [0, 0.05) is 25.3 Å². The molecule has 8 heteroatoms. The van der Waals surface area contributed by atoms with Crippen LogP contribution in [0.15, 0.2) is 30.5 Å². The SMILES string of the molecule is COc1ccc(-c2ncc(C(=O)NCC(C(=O)O)C3CCOCC3)s2)cc1. The molecule has 27 heavy (non-hydrogen) atoms. The summed E-state index contributed by atoms with van der Waals surface area (Å²) in [6.07, 6.45) is 2.92. The van der Waals surface area contributed by atoms with E-state index in [4.69, 9.17) is 9.47 Å². The van der Waals surface area contributed by atoms with Gasteiger partial charge in [-0.1, -0.05) is 0 Å². The summed E-state index contributed by atoms with van der Waals surface area (Å²) in [7, 11) is 1.60. The number of amides is 1. The van der Waals surface area contributed by atoms with Crippen LogP contribution >= 0.6 is 11.3 Å². The molecule has 2 aromatic rings. The summed E-state index contributed by atoms with van der Waals surface area (Å²) in [5, 5.41) is 13.0. The van der Waals surface area contributed by atoms with Crippen LogP contribution in [-0.4, -0.2) is 48.8 Å². The minimum atomic E-state index is -0.884. The van der Waals surface area contributed by atoms with E-state index >= 15 is 0 Å². The molecule has 1 saturated heterocycles. The zero-order valence-electron chi connectivity index (χ0n) is 15.0. The molecule has 2 heterocycles. The normalized spacial score (nSPS) is 15.9. The summed E-state index contributed by atoms with van der Waals surface area (Å²) in [5.41, 5.74) is 0.894. The van der Waals surface area contributed by atoms with Gasteiger partial charge in [0.25, 0.3) is 5.91 Å². The fourth-order valence-corrected chi connectivity index (χ4v) is 3.95. The highest BCUT2D eigenvalue weighted by atomic mass is 32.1. The van der Waals surface area contributed by atoms with Crippen LogP contribution in [0.1, 0.15) is 22.5 Å². The third kappa shape index (κ3) is 4.84. The van der Waals surface area contributed by atoms with Crippen molar-refractivity contribution >= 4 is 23.2 Å². The number of nitrogens with zero attached hydrogens (tertiary/aromatic N) is 1. The Kier molecular flexibility index (Phi) is 6.41. The smallest absolute Gasteiger partial charge is 0.308 e. The van der Waals surface area contributed by atoms with Gasteiger partial charge < -0.3 is 19.9 Å². The zero-order chi connectivity index (χ0) is 19.2. The Labute approximate surface area is 161 Å². The second kappa shape index (κ2) is 8.96. The van der Waals surface area contributed by atoms with Crippen molar-refractivity contribution in [2.24, 2.45) is 11.8 Å². The maximum atomic E-state index is 12.4. The highest BCUT2D eigenvalue weighted by molar-refractivity contribution is 7.16. The highest BCUT2D eigenvalue weighted by Gasteiger charge is 2.30. The molecule has 0 saturated carbocycles. The van der Waals surface area contributed by atoms with E-state index in [1.165, 1.54) is 17.5 Å². The summed E-state index contributed by atoms with van der Waals surface area (Å²) in [6.45, 7) is 1.25. The molecule has 0 aliphatic carbocycles. The molecule has 1 aromatic heterocycles. The third-order valence-electron chi connectivity index (χ3n) is 4.70. The van der Waals surface area contributed by atoms with E-state index in [1.807, 2.05) is 24.3 Å². The van der Waals surface area contributed by atoms with Crippen molar-refractivity contribution in [3.05, 3.63) is 35.3 Å². The summed E-state index contributed by atoms with van der Waals surface area (Å²) in [6, 6.07) is 7.43. The van der Waals surface area contributed by atoms with Crippen LogP contribution in [0.4, 0.5) is 0 Å². The van der Waals surface area contributed by atoms with E-state index in [1.54, 1.807) is 7.11 Å². The average molecular weight is 390 g/mol. The first-order valence-electron chi connectivity index (χ1n) is 8.77. The van der Waals surface area contributed by atoms with E-state index < -0.39 is 11.9 Å². The van der Waals surface area contributed by atoms with Gasteiger partial charge in [-0.3, -0.25) is 9.59 Å². The Hall–Kier alpha value is -2.45. The number of aliphatic carboxylic acids is 1. The van der Waals surface area contributed by atoms with E-state index in [0.29, 0.717) is 30.9 Å². The molecule has 1 unspecified atom stereocenters. The summed E-state index contributed by atoms with van der Waals surface area (Å²) < 4.78 is 10.4. The quantitative estimate of drug-likeness (QED) is 0.754. The highest BCUT2D eigenvalue weighted by Crippen LogP contribution is 2.27. The maximum Gasteiger partial charge on any atom is 0.308 e. The first kappa shape index (κ1) is 19.3. The van der Waals surface area contributed by atoms with E-state index in [2.05, 4.69) is 10.3 Å². The molecule has 0 bridgehead atoms. The number of hydrogen-bond acceptors (Lipinski definition) is 6. The molecule has 0 spiro atoms. The van der Waals surface area contributed by atoms with Crippen molar-refractivity contribution in [1.82, 2.24) is 10.3 Å². The molecule has 1 amide bonds. The van der Waals surface area contributed by atoms with Gasteiger partial charge in [-0.15, -0.1) is 11.3 Å². The van der Waals surface area contributed by atoms with Crippen molar-refractivity contribution < 1.29 is 24.2 Å². The fourth-order valence-electron chi connectivity index (χ4n) is 3.11. The number of carboxylic acid groups (broad SMARTS) is 1. The first-order valence-corrected chi connectivity index (χ1v) is 9.59. The van der Waals surface area contributed by atoms with Gasteiger partial charge in [0.2, 0.25) is 0 Å². The van der Waals surface area contributed by atoms with E-state index in [-0.39, 0.29) is 18.4 Å². The van der Waals surface area contributed by atoms with Crippen LogP contribution < -0.4 is 10.1 Å². The molecule has 3 rings (SSSR count). The van der Waals surface area contributed by atoms with Gasteiger partial charge in [-0.05, 0) is 43.0 Å². The lowest BCUT2D eigenvalue weighted by atomic mass is 9.86. The molecule has 1 atom stereocenters. The van der Waals surface area contributed by atoms with E-state index in [0.717, 1.165) is 16.3 Å². The van der Waals surface area contributed by atoms with Crippen molar-refractivity contribution in [3.8, 4) is 16.3 Å². The van der Waals surface area contributed by atoms with Gasteiger partial charge >= 0.3 is 5.97 Å². The number of aromatic nitrogens is 1. The van der Waals surface area contributed by atoms with Gasteiger partial charge in [0.1, 0.15) is 15.6 Å². The number of nitrogens with one attached hydrogen (secondary N) is 1. The minimum absolute atomic E-state index is 0.0212. The number of rotatable bonds is 7. The Balaban J connectivity index is 1.62. The second-order valence-corrected chi connectivity index (χ2v) is 7.39. The van der Waals surface area contributed by atoms with Gasteiger partial charge in [-0.2, -0.15) is 0 Å². The maximum absolute atomic E-state index is 12.4. The third-order valence-corrected chi connectivity index (χ3v) is 5.75. The van der Waals surface area contributed by atoms with Crippen molar-refractivity contribution in [2.75, 3.05) is 26.9 Å². The van der Waals surface area contributed by atoms with Gasteiger partial charge in [0.15, 0.2) is 0 Å². The van der Waals surface area contributed by atoms with Crippen LogP contribution in [-0.2, 0) is 9.53 Å². The van der Waals surface area contributed by atoms with Crippen molar-refractivity contribution in [3.63, 3.8) is 0 Å². The lowest BCUT2D eigenvalue weighted by Gasteiger charge is -2.27. The number of methoxy groups -OCH3 is 1. The fraction of sp³-hybridized carbons (Fsp3) is 0.421. The van der Waals surface area contributed by atoms with Gasteiger partial charge in [0.05, 0.1) is 19.2 Å². The molecule has 144 valence electrons. The number of carbonyl (C=O) groups excluding carboxylic acids is 1. The lowest BCUT2D eigenvalue weighted by Crippen LogP contribution is -2.38. The molecule has 1 aliphatic heterocycles. The molecule has 7 nitrogen and oxygen atoms in total. The Morgan fingerprint density at radius 1 is 1.33 bits per heavy atom. The minimum Gasteiger partial charge on any atom is -0.497 e. The molecule has 0 radical (unpaired) electrons. The average Bonchev–Trinajstić information content (AvgIpc) is 3.19. The number of carbonyl (C=O) groups is 2. The number of carboxylic acids is 1. The number of hydrogen-bond donors (Lipinski definition) is 2. The molecule has 1 fully saturated rings. The Bertz CT molecular complexity index is 784. The van der Waals surface area contributed by atoms with Crippen LogP contribution in [0.5, 0.6) is 5.75 Å². The second-order valence-electron chi connectivity index (χ2n) is 6.36. The van der Waals surface area contributed by atoms with E-state index in [9.17, 15) is 14.7 Å². The molecule has 1 aliphatic rings. The molecular formula is C19H22N2O5S. The lowest BCUT2D eigenvalue weighted by molar-refractivity contribution is -0.144. The van der Waals surface area contributed by atoms with Gasteiger partial charge in [-0.25, -0.2) is 4.98 Å². The first-order chi connectivity index (χ1) is 13.1. The standard InChI is InChI=1S/C19H22N2O5S/c1-25-14-4-2-13(3-5-14)18-21-11-16(27-18)17(22)20-10-15(19(23)24)12-6-8-26-9-7-12/h2-5,11-12,15H,6-10H2,1H3,(H,20,22)(H,23,24). The monoisotopic (exact) mass is 390 g/mol. The number of ether oxygens (including phenoxy) is 2. The number of thiazole rings is 1. The van der Waals surface area contributed by atoms with Crippen molar-refractivity contribution in [2.45, 2.75) is 12.8 Å².